The summed E-state index contributed by atoms with van der Waals surface area (Å²) < 4.78 is 42.5. The zero-order valence-corrected chi connectivity index (χ0v) is 11.2. The average molecular weight is 294 g/mol. The molecule has 6 heteroatoms. The lowest BCUT2D eigenvalue weighted by molar-refractivity contribution is 0.586. The van der Waals surface area contributed by atoms with Crippen LogP contribution in [0, 0.1) is 29.1 Å². The van der Waals surface area contributed by atoms with Crippen molar-refractivity contribution in [3.8, 4) is 5.69 Å². The lowest BCUT2D eigenvalue weighted by Crippen LogP contribution is -2.00. The van der Waals surface area contributed by atoms with Crippen LogP contribution in [0.3, 0.4) is 0 Å². The van der Waals surface area contributed by atoms with Gasteiger partial charge in [0.2, 0.25) is 0 Å². The Bertz CT molecular complexity index is 880. The van der Waals surface area contributed by atoms with Crippen molar-refractivity contribution < 1.29 is 13.2 Å². The van der Waals surface area contributed by atoms with E-state index in [1.807, 2.05) is 0 Å². The first-order valence-electron chi connectivity index (χ1n) is 5.83. The monoisotopic (exact) mass is 294 g/mol. The summed E-state index contributed by atoms with van der Waals surface area (Å²) in [6.07, 6.45) is 0. The summed E-state index contributed by atoms with van der Waals surface area (Å²) in [5.74, 6) is -1.65. The Morgan fingerprint density at radius 3 is 2.55 bits per heavy atom. The van der Waals surface area contributed by atoms with Crippen LogP contribution in [0.5, 0.6) is 0 Å². The molecule has 2 aromatic carbocycles. The Morgan fingerprint density at radius 2 is 1.80 bits per heavy atom. The molecule has 0 unspecified atom stereocenters. The Morgan fingerprint density at radius 1 is 1.05 bits per heavy atom. The van der Waals surface area contributed by atoms with Crippen molar-refractivity contribution in [2.24, 2.45) is 0 Å². The van der Waals surface area contributed by atoms with Crippen LogP contribution in [0.2, 0.25) is 0 Å². The van der Waals surface area contributed by atoms with Crippen molar-refractivity contribution >= 4 is 23.3 Å². The lowest BCUT2D eigenvalue weighted by Gasteiger charge is -2.08. The molecule has 1 N–H and O–H groups in total. The quantitative estimate of drug-likeness (QED) is 0.659. The molecule has 102 valence electrons. The number of H-pyrrole nitrogens is 1. The third-order valence-electron chi connectivity index (χ3n) is 3.11. The Hall–Kier alpha value is -2.08. The number of aromatic amines is 1. The standard InChI is InChI=1S/C14H9F3N2S/c1-7-4-10(17)12(6-9(7)16)19-13-5-8(15)2-3-11(13)18-14(19)20/h2-6H,1H3,(H,18,20). The van der Waals surface area contributed by atoms with E-state index in [2.05, 4.69) is 4.98 Å². The van der Waals surface area contributed by atoms with Gasteiger partial charge in [0.15, 0.2) is 4.77 Å². The first-order valence-corrected chi connectivity index (χ1v) is 6.24. The van der Waals surface area contributed by atoms with Gasteiger partial charge in [0, 0.05) is 12.1 Å². The van der Waals surface area contributed by atoms with Crippen LogP contribution in [-0.2, 0) is 0 Å². The van der Waals surface area contributed by atoms with E-state index >= 15 is 0 Å². The summed E-state index contributed by atoms with van der Waals surface area (Å²) in [6.45, 7) is 1.47. The number of aryl methyl sites for hydroxylation is 1. The predicted octanol–water partition coefficient (Wildman–Crippen LogP) is 4.41. The highest BCUT2D eigenvalue weighted by molar-refractivity contribution is 7.71. The molecule has 0 atom stereocenters. The molecule has 2 nitrogen and oxygen atoms in total. The van der Waals surface area contributed by atoms with Gasteiger partial charge >= 0.3 is 0 Å². The van der Waals surface area contributed by atoms with Crippen molar-refractivity contribution in [3.05, 3.63) is 58.1 Å². The molecule has 0 spiro atoms. The third-order valence-corrected chi connectivity index (χ3v) is 3.40. The van der Waals surface area contributed by atoms with Crippen molar-refractivity contribution in [1.82, 2.24) is 9.55 Å². The number of halogens is 3. The fourth-order valence-corrected chi connectivity index (χ4v) is 2.43. The maximum Gasteiger partial charge on any atom is 0.182 e. The molecular formula is C14H9F3N2S. The lowest BCUT2D eigenvalue weighted by atomic mass is 10.2. The summed E-state index contributed by atoms with van der Waals surface area (Å²) in [7, 11) is 0. The van der Waals surface area contributed by atoms with Gasteiger partial charge in [0.1, 0.15) is 17.5 Å². The molecule has 0 radical (unpaired) electrons. The molecule has 3 aromatic rings. The Balaban J connectivity index is 2.40. The minimum atomic E-state index is -0.620. The molecule has 1 aromatic heterocycles. The summed E-state index contributed by atoms with van der Waals surface area (Å²) >= 11 is 5.11. The van der Waals surface area contributed by atoms with Crippen molar-refractivity contribution in [1.29, 1.82) is 0 Å². The molecule has 0 fully saturated rings. The SMILES string of the molecule is Cc1cc(F)c(-n2c(=S)[nH]c3ccc(F)cc32)cc1F. The van der Waals surface area contributed by atoms with Crippen LogP contribution in [0.25, 0.3) is 16.7 Å². The van der Waals surface area contributed by atoms with Crippen LogP contribution < -0.4 is 0 Å². The number of imidazole rings is 1. The highest BCUT2D eigenvalue weighted by Gasteiger charge is 2.14. The van der Waals surface area contributed by atoms with E-state index in [1.54, 1.807) is 0 Å². The second-order valence-electron chi connectivity index (χ2n) is 4.48. The smallest absolute Gasteiger partial charge is 0.182 e. The molecule has 0 aliphatic rings. The number of rotatable bonds is 1. The zero-order chi connectivity index (χ0) is 14.4. The molecule has 3 rings (SSSR count). The zero-order valence-electron chi connectivity index (χ0n) is 10.4. The molecule has 0 saturated heterocycles. The van der Waals surface area contributed by atoms with Crippen LogP contribution in [-0.4, -0.2) is 9.55 Å². The molecule has 0 bridgehead atoms. The second-order valence-corrected chi connectivity index (χ2v) is 4.87. The molecule has 20 heavy (non-hydrogen) atoms. The number of hydrogen-bond donors (Lipinski definition) is 1. The summed E-state index contributed by atoms with van der Waals surface area (Å²) in [4.78, 5) is 2.84. The van der Waals surface area contributed by atoms with E-state index in [1.165, 1.54) is 29.7 Å². The van der Waals surface area contributed by atoms with Crippen molar-refractivity contribution in [2.45, 2.75) is 6.92 Å². The van der Waals surface area contributed by atoms with Gasteiger partial charge in [-0.1, -0.05) is 0 Å². The maximum absolute atomic E-state index is 14.1. The van der Waals surface area contributed by atoms with E-state index in [9.17, 15) is 13.2 Å². The fraction of sp³-hybridized carbons (Fsp3) is 0.0714. The van der Waals surface area contributed by atoms with Crippen LogP contribution in [0.15, 0.2) is 30.3 Å². The molecule has 1 heterocycles. The molecule has 0 amide bonds. The largest absolute Gasteiger partial charge is 0.330 e. The van der Waals surface area contributed by atoms with Crippen LogP contribution >= 0.6 is 12.2 Å². The van der Waals surface area contributed by atoms with Gasteiger partial charge in [0.05, 0.1) is 16.7 Å². The van der Waals surface area contributed by atoms with Crippen LogP contribution in [0.1, 0.15) is 5.56 Å². The molecule has 0 aliphatic carbocycles. The number of aromatic nitrogens is 2. The van der Waals surface area contributed by atoms with E-state index in [-0.39, 0.29) is 16.0 Å². The summed E-state index contributed by atoms with van der Waals surface area (Å²) in [5, 5.41) is 0. The maximum atomic E-state index is 14.1. The fourth-order valence-electron chi connectivity index (χ4n) is 2.12. The minimum absolute atomic E-state index is 0.0463. The number of benzene rings is 2. The summed E-state index contributed by atoms with van der Waals surface area (Å²) in [6, 6.07) is 6.13. The minimum Gasteiger partial charge on any atom is -0.330 e. The predicted molar refractivity (Wildman–Crippen MR) is 73.1 cm³/mol. The number of nitrogens with one attached hydrogen (secondary N) is 1. The summed E-state index contributed by atoms with van der Waals surface area (Å²) in [5.41, 5.74) is 1.06. The first kappa shape index (κ1) is 12.9. The highest BCUT2D eigenvalue weighted by atomic mass is 32.1. The van der Waals surface area contributed by atoms with Gasteiger partial charge in [-0.3, -0.25) is 4.57 Å². The normalized spacial score (nSPS) is 11.2. The molecule has 0 saturated carbocycles. The van der Waals surface area contributed by atoms with Crippen molar-refractivity contribution in [2.75, 3.05) is 0 Å². The van der Waals surface area contributed by atoms with Gasteiger partial charge in [-0.25, -0.2) is 13.2 Å². The van der Waals surface area contributed by atoms with Gasteiger partial charge in [-0.2, -0.15) is 0 Å². The highest BCUT2D eigenvalue weighted by Crippen LogP contribution is 2.24. The Kier molecular flexibility index (Phi) is 2.90. The topological polar surface area (TPSA) is 20.7 Å². The van der Waals surface area contributed by atoms with Gasteiger partial charge in [-0.05, 0) is 42.9 Å². The van der Waals surface area contributed by atoms with Crippen molar-refractivity contribution in [3.63, 3.8) is 0 Å². The third kappa shape index (κ3) is 1.92. The number of nitrogens with zero attached hydrogens (tertiary/aromatic N) is 1. The van der Waals surface area contributed by atoms with Gasteiger partial charge in [-0.15, -0.1) is 0 Å². The van der Waals surface area contributed by atoms with E-state index in [0.717, 1.165) is 12.1 Å². The Labute approximate surface area is 117 Å². The van der Waals surface area contributed by atoms with E-state index < -0.39 is 17.5 Å². The van der Waals surface area contributed by atoms with Gasteiger partial charge < -0.3 is 4.98 Å². The van der Waals surface area contributed by atoms with E-state index in [0.29, 0.717) is 11.0 Å². The first-order chi connectivity index (χ1) is 9.47. The second kappa shape index (κ2) is 4.49. The van der Waals surface area contributed by atoms with E-state index in [4.69, 9.17) is 12.2 Å². The number of fused-ring (bicyclic) bond motifs is 1. The number of hydrogen-bond acceptors (Lipinski definition) is 1. The molecule has 0 aliphatic heterocycles. The van der Waals surface area contributed by atoms with Crippen LogP contribution in [0.4, 0.5) is 13.2 Å². The average Bonchev–Trinajstić information content (AvgIpc) is 2.69. The van der Waals surface area contributed by atoms with Gasteiger partial charge in [0.25, 0.3) is 0 Å². The molecular weight excluding hydrogens is 285 g/mol.